The minimum atomic E-state index is -0.109. The Labute approximate surface area is 129 Å². The van der Waals surface area contributed by atoms with Gasteiger partial charge in [-0.05, 0) is 18.4 Å². The SMILES string of the molecule is CCN(Cc1cccs1)c1cc(Cl)nc(C(C)(C)C)n1. The predicted octanol–water partition coefficient (Wildman–Crippen LogP) is 4.52. The van der Waals surface area contributed by atoms with Gasteiger partial charge < -0.3 is 4.90 Å². The number of hydrogen-bond acceptors (Lipinski definition) is 4. The van der Waals surface area contributed by atoms with Crippen LogP contribution in [0.2, 0.25) is 5.15 Å². The summed E-state index contributed by atoms with van der Waals surface area (Å²) in [7, 11) is 0. The van der Waals surface area contributed by atoms with Gasteiger partial charge in [0.15, 0.2) is 0 Å². The summed E-state index contributed by atoms with van der Waals surface area (Å²) in [5.74, 6) is 1.68. The van der Waals surface area contributed by atoms with E-state index in [-0.39, 0.29) is 5.41 Å². The van der Waals surface area contributed by atoms with Crippen LogP contribution in [0, 0.1) is 0 Å². The molecular weight excluding hydrogens is 290 g/mol. The molecule has 2 aromatic rings. The number of rotatable bonds is 4. The monoisotopic (exact) mass is 309 g/mol. The molecule has 0 unspecified atom stereocenters. The normalized spacial score (nSPS) is 11.7. The Balaban J connectivity index is 2.32. The fourth-order valence-corrected chi connectivity index (χ4v) is 2.75. The minimum Gasteiger partial charge on any atom is -0.352 e. The highest BCUT2D eigenvalue weighted by Gasteiger charge is 2.20. The van der Waals surface area contributed by atoms with E-state index in [1.165, 1.54) is 4.88 Å². The average molecular weight is 310 g/mol. The lowest BCUT2D eigenvalue weighted by Crippen LogP contribution is -2.25. The third kappa shape index (κ3) is 3.70. The fourth-order valence-electron chi connectivity index (χ4n) is 1.85. The van der Waals surface area contributed by atoms with Crippen molar-refractivity contribution >= 4 is 28.8 Å². The van der Waals surface area contributed by atoms with Gasteiger partial charge in [-0.2, -0.15) is 0 Å². The Bertz CT molecular complexity index is 561. The van der Waals surface area contributed by atoms with Crippen molar-refractivity contribution in [1.82, 2.24) is 9.97 Å². The standard InChI is InChI=1S/C15H20ClN3S/c1-5-19(10-11-7-6-8-20-11)13-9-12(16)17-14(18-13)15(2,3)4/h6-9H,5,10H2,1-4H3. The van der Waals surface area contributed by atoms with Crippen LogP contribution in [-0.4, -0.2) is 16.5 Å². The van der Waals surface area contributed by atoms with Crippen molar-refractivity contribution in [3.8, 4) is 0 Å². The second-order valence-electron chi connectivity index (χ2n) is 5.72. The van der Waals surface area contributed by atoms with Gasteiger partial charge >= 0.3 is 0 Å². The van der Waals surface area contributed by atoms with Gasteiger partial charge in [0.1, 0.15) is 16.8 Å². The number of aromatic nitrogens is 2. The van der Waals surface area contributed by atoms with Crippen molar-refractivity contribution in [3.05, 3.63) is 39.4 Å². The van der Waals surface area contributed by atoms with Gasteiger partial charge in [0.2, 0.25) is 0 Å². The van der Waals surface area contributed by atoms with E-state index < -0.39 is 0 Å². The highest BCUT2D eigenvalue weighted by molar-refractivity contribution is 7.09. The Morgan fingerprint density at radius 2 is 2.05 bits per heavy atom. The van der Waals surface area contributed by atoms with E-state index in [9.17, 15) is 0 Å². The van der Waals surface area contributed by atoms with E-state index in [0.29, 0.717) is 5.15 Å². The van der Waals surface area contributed by atoms with Gasteiger partial charge in [-0.3, -0.25) is 0 Å². The van der Waals surface area contributed by atoms with Crippen LogP contribution < -0.4 is 4.90 Å². The first-order chi connectivity index (χ1) is 9.40. The smallest absolute Gasteiger partial charge is 0.137 e. The Kier molecular flexibility index (Phi) is 4.66. The van der Waals surface area contributed by atoms with Crippen LogP contribution in [0.15, 0.2) is 23.6 Å². The van der Waals surface area contributed by atoms with Gasteiger partial charge in [0, 0.05) is 22.9 Å². The molecule has 3 nitrogen and oxygen atoms in total. The summed E-state index contributed by atoms with van der Waals surface area (Å²) in [6.45, 7) is 10.1. The molecule has 0 aliphatic carbocycles. The summed E-state index contributed by atoms with van der Waals surface area (Å²) in [6.07, 6.45) is 0. The molecule has 0 radical (unpaired) electrons. The first kappa shape index (κ1) is 15.3. The molecular formula is C15H20ClN3S. The number of thiophene rings is 1. The molecule has 0 aliphatic heterocycles. The molecule has 2 heterocycles. The molecule has 20 heavy (non-hydrogen) atoms. The van der Waals surface area contributed by atoms with Gasteiger partial charge in [0.05, 0.1) is 6.54 Å². The van der Waals surface area contributed by atoms with Gasteiger partial charge in [0.25, 0.3) is 0 Å². The van der Waals surface area contributed by atoms with Crippen molar-refractivity contribution < 1.29 is 0 Å². The highest BCUT2D eigenvalue weighted by atomic mass is 35.5. The highest BCUT2D eigenvalue weighted by Crippen LogP contribution is 2.25. The van der Waals surface area contributed by atoms with Crippen molar-refractivity contribution in [2.45, 2.75) is 39.7 Å². The molecule has 0 N–H and O–H groups in total. The van der Waals surface area contributed by atoms with Crippen molar-refractivity contribution in [3.63, 3.8) is 0 Å². The van der Waals surface area contributed by atoms with E-state index in [2.05, 4.69) is 55.1 Å². The lowest BCUT2D eigenvalue weighted by Gasteiger charge is -2.24. The van der Waals surface area contributed by atoms with E-state index in [1.54, 1.807) is 11.3 Å². The van der Waals surface area contributed by atoms with E-state index in [1.807, 2.05) is 6.07 Å². The van der Waals surface area contributed by atoms with Crippen LogP contribution in [0.4, 0.5) is 5.82 Å². The third-order valence-electron chi connectivity index (χ3n) is 2.98. The van der Waals surface area contributed by atoms with Crippen molar-refractivity contribution in [2.24, 2.45) is 0 Å². The van der Waals surface area contributed by atoms with Crippen molar-refractivity contribution in [1.29, 1.82) is 0 Å². The summed E-state index contributed by atoms with van der Waals surface area (Å²) < 4.78 is 0. The number of halogens is 1. The molecule has 0 amide bonds. The minimum absolute atomic E-state index is 0.109. The first-order valence-corrected chi connectivity index (χ1v) is 7.98. The molecule has 0 fully saturated rings. The molecule has 0 saturated carbocycles. The number of hydrogen-bond donors (Lipinski definition) is 0. The number of nitrogens with zero attached hydrogens (tertiary/aromatic N) is 3. The van der Waals surface area contributed by atoms with Crippen LogP contribution in [0.25, 0.3) is 0 Å². The van der Waals surface area contributed by atoms with Gasteiger partial charge in [-0.1, -0.05) is 38.4 Å². The molecule has 0 aliphatic rings. The van der Waals surface area contributed by atoms with Crippen LogP contribution >= 0.6 is 22.9 Å². The van der Waals surface area contributed by atoms with Crippen LogP contribution in [0.5, 0.6) is 0 Å². The second-order valence-corrected chi connectivity index (χ2v) is 7.14. The molecule has 0 spiro atoms. The zero-order chi connectivity index (χ0) is 14.8. The zero-order valence-corrected chi connectivity index (χ0v) is 13.9. The fraction of sp³-hybridized carbons (Fsp3) is 0.467. The van der Waals surface area contributed by atoms with Gasteiger partial charge in [-0.25, -0.2) is 9.97 Å². The lowest BCUT2D eigenvalue weighted by molar-refractivity contribution is 0.544. The van der Waals surface area contributed by atoms with E-state index >= 15 is 0 Å². The predicted molar refractivity (Wildman–Crippen MR) is 86.8 cm³/mol. The maximum absolute atomic E-state index is 6.16. The Morgan fingerprint density at radius 1 is 1.30 bits per heavy atom. The summed E-state index contributed by atoms with van der Waals surface area (Å²) in [6, 6.07) is 6.05. The van der Waals surface area contributed by atoms with Crippen LogP contribution in [0.1, 0.15) is 38.4 Å². The average Bonchev–Trinajstić information content (AvgIpc) is 2.87. The molecule has 108 valence electrons. The molecule has 0 bridgehead atoms. The maximum Gasteiger partial charge on any atom is 0.137 e. The summed E-state index contributed by atoms with van der Waals surface area (Å²) in [5.41, 5.74) is -0.109. The summed E-state index contributed by atoms with van der Waals surface area (Å²) in [5, 5.41) is 2.60. The number of anilines is 1. The molecule has 2 rings (SSSR count). The third-order valence-corrected chi connectivity index (χ3v) is 4.04. The largest absolute Gasteiger partial charge is 0.352 e. The molecule has 0 aromatic carbocycles. The summed E-state index contributed by atoms with van der Waals surface area (Å²) >= 11 is 7.92. The van der Waals surface area contributed by atoms with Crippen LogP contribution in [0.3, 0.4) is 0 Å². The second kappa shape index (κ2) is 6.10. The molecule has 2 aromatic heterocycles. The van der Waals surface area contributed by atoms with Gasteiger partial charge in [-0.15, -0.1) is 11.3 Å². The molecule has 5 heteroatoms. The topological polar surface area (TPSA) is 29.0 Å². The zero-order valence-electron chi connectivity index (χ0n) is 12.4. The Morgan fingerprint density at radius 3 is 2.60 bits per heavy atom. The molecule has 0 saturated heterocycles. The quantitative estimate of drug-likeness (QED) is 0.778. The first-order valence-electron chi connectivity index (χ1n) is 6.72. The van der Waals surface area contributed by atoms with Crippen molar-refractivity contribution in [2.75, 3.05) is 11.4 Å². The maximum atomic E-state index is 6.16. The summed E-state index contributed by atoms with van der Waals surface area (Å²) in [4.78, 5) is 12.6. The Hall–Kier alpha value is -1.13. The molecule has 0 atom stereocenters. The van der Waals surface area contributed by atoms with Crippen LogP contribution in [-0.2, 0) is 12.0 Å². The van der Waals surface area contributed by atoms with E-state index in [0.717, 1.165) is 24.7 Å². The van der Waals surface area contributed by atoms with E-state index in [4.69, 9.17) is 16.6 Å². The lowest BCUT2D eigenvalue weighted by atomic mass is 9.96.